The third kappa shape index (κ3) is 2.56. The van der Waals surface area contributed by atoms with Gasteiger partial charge >= 0.3 is 0 Å². The molecule has 0 saturated carbocycles. The van der Waals surface area contributed by atoms with Gasteiger partial charge in [-0.1, -0.05) is 12.1 Å². The zero-order valence-corrected chi connectivity index (χ0v) is 8.61. The van der Waals surface area contributed by atoms with E-state index in [0.29, 0.717) is 12.8 Å². The summed E-state index contributed by atoms with van der Waals surface area (Å²) < 4.78 is 12.7. The molecule has 5 heteroatoms. The fraction of sp³-hybridized carbons (Fsp3) is 0.364. The number of amides is 1. The Bertz CT molecular complexity index is 380. The Hall–Kier alpha value is -1.46. The molecule has 1 amide bonds. The number of aliphatic hydroxyl groups is 1. The van der Waals surface area contributed by atoms with Crippen LogP contribution in [0.1, 0.15) is 12.0 Å². The van der Waals surface area contributed by atoms with Crippen molar-refractivity contribution in [1.29, 1.82) is 0 Å². The predicted molar refractivity (Wildman–Crippen MR) is 55.8 cm³/mol. The molecule has 1 heterocycles. The van der Waals surface area contributed by atoms with Crippen LogP contribution < -0.4 is 10.9 Å². The summed E-state index contributed by atoms with van der Waals surface area (Å²) in [5, 5.41) is 9.36. The van der Waals surface area contributed by atoms with Gasteiger partial charge in [0.1, 0.15) is 11.9 Å². The zero-order valence-electron chi connectivity index (χ0n) is 8.61. The summed E-state index contributed by atoms with van der Waals surface area (Å²) in [5.74, 6) is -0.677. The number of hydrogen-bond donors (Lipinski definition) is 3. The molecule has 2 unspecified atom stereocenters. The fourth-order valence-corrected chi connectivity index (χ4v) is 1.73. The maximum atomic E-state index is 12.7. The number of rotatable bonds is 2. The van der Waals surface area contributed by atoms with Gasteiger partial charge in [0, 0.05) is 6.04 Å². The van der Waals surface area contributed by atoms with Gasteiger partial charge in [-0.05, 0) is 30.5 Å². The van der Waals surface area contributed by atoms with Crippen molar-refractivity contribution < 1.29 is 14.3 Å². The topological polar surface area (TPSA) is 61.4 Å². The number of carbonyl (C=O) groups excluding carboxylic acids is 1. The van der Waals surface area contributed by atoms with Crippen LogP contribution in [-0.4, -0.2) is 23.2 Å². The lowest BCUT2D eigenvalue weighted by molar-refractivity contribution is -0.134. The van der Waals surface area contributed by atoms with Crippen LogP contribution in [0.15, 0.2) is 24.3 Å². The van der Waals surface area contributed by atoms with Gasteiger partial charge in [-0.25, -0.2) is 9.82 Å². The van der Waals surface area contributed by atoms with Gasteiger partial charge < -0.3 is 5.11 Å². The molecule has 3 N–H and O–H groups in total. The molecule has 0 radical (unpaired) electrons. The van der Waals surface area contributed by atoms with Crippen LogP contribution in [0.2, 0.25) is 0 Å². The predicted octanol–water partition coefficient (Wildman–Crippen LogP) is 0.122. The molecule has 16 heavy (non-hydrogen) atoms. The second-order valence-corrected chi connectivity index (χ2v) is 3.91. The first-order chi connectivity index (χ1) is 7.65. The molecule has 4 nitrogen and oxygen atoms in total. The maximum absolute atomic E-state index is 12.7. The van der Waals surface area contributed by atoms with Crippen LogP contribution in [0.3, 0.4) is 0 Å². The third-order valence-electron chi connectivity index (χ3n) is 2.61. The SMILES string of the molecule is O=C1NNC(Cc2ccc(F)cc2)CC1O. The summed E-state index contributed by atoms with van der Waals surface area (Å²) in [7, 11) is 0. The van der Waals surface area contributed by atoms with Crippen molar-refractivity contribution in [2.75, 3.05) is 0 Å². The average molecular weight is 224 g/mol. The van der Waals surface area contributed by atoms with Gasteiger partial charge in [0.25, 0.3) is 5.91 Å². The Morgan fingerprint density at radius 1 is 1.38 bits per heavy atom. The van der Waals surface area contributed by atoms with Gasteiger partial charge in [0.2, 0.25) is 0 Å². The normalized spacial score (nSPS) is 25.2. The molecule has 2 atom stereocenters. The fourth-order valence-electron chi connectivity index (χ4n) is 1.73. The number of carbonyl (C=O) groups is 1. The summed E-state index contributed by atoms with van der Waals surface area (Å²) in [6, 6.07) is 6.15. The number of hydrogen-bond acceptors (Lipinski definition) is 3. The van der Waals surface area contributed by atoms with Crippen molar-refractivity contribution in [1.82, 2.24) is 10.9 Å². The summed E-state index contributed by atoms with van der Waals surface area (Å²) in [5.41, 5.74) is 6.17. The van der Waals surface area contributed by atoms with Crippen molar-refractivity contribution in [3.63, 3.8) is 0 Å². The van der Waals surface area contributed by atoms with Gasteiger partial charge in [-0.15, -0.1) is 0 Å². The van der Waals surface area contributed by atoms with E-state index >= 15 is 0 Å². The van der Waals surface area contributed by atoms with Gasteiger partial charge in [-0.2, -0.15) is 0 Å². The molecule has 86 valence electrons. The first kappa shape index (κ1) is 11.0. The number of aliphatic hydroxyl groups excluding tert-OH is 1. The summed E-state index contributed by atoms with van der Waals surface area (Å²) >= 11 is 0. The smallest absolute Gasteiger partial charge is 0.262 e. The van der Waals surface area contributed by atoms with E-state index in [9.17, 15) is 14.3 Å². The number of halogens is 1. The molecule has 1 aromatic rings. The minimum atomic E-state index is -0.966. The zero-order chi connectivity index (χ0) is 11.5. The molecular weight excluding hydrogens is 211 g/mol. The average Bonchev–Trinajstić information content (AvgIpc) is 2.27. The lowest BCUT2D eigenvalue weighted by atomic mass is 9.99. The van der Waals surface area contributed by atoms with Crippen molar-refractivity contribution in [2.45, 2.75) is 25.0 Å². The third-order valence-corrected chi connectivity index (χ3v) is 2.61. The molecule has 0 aromatic heterocycles. The Morgan fingerprint density at radius 3 is 2.69 bits per heavy atom. The van der Waals surface area contributed by atoms with Gasteiger partial charge in [-0.3, -0.25) is 10.2 Å². The maximum Gasteiger partial charge on any atom is 0.262 e. The second kappa shape index (κ2) is 4.59. The second-order valence-electron chi connectivity index (χ2n) is 3.91. The number of hydrazine groups is 1. The summed E-state index contributed by atoms with van der Waals surface area (Å²) in [6.45, 7) is 0. The van der Waals surface area contributed by atoms with Crippen LogP contribution in [0, 0.1) is 5.82 Å². The summed E-state index contributed by atoms with van der Waals surface area (Å²) in [6.07, 6.45) is 0.0348. The van der Waals surface area contributed by atoms with E-state index in [-0.39, 0.29) is 11.9 Å². The van der Waals surface area contributed by atoms with E-state index in [1.54, 1.807) is 12.1 Å². The van der Waals surface area contributed by atoms with Crippen molar-refractivity contribution in [3.8, 4) is 0 Å². The first-order valence-corrected chi connectivity index (χ1v) is 5.13. The Morgan fingerprint density at radius 2 is 2.06 bits per heavy atom. The van der Waals surface area contributed by atoms with E-state index in [2.05, 4.69) is 10.9 Å². The molecule has 0 bridgehead atoms. The van der Waals surface area contributed by atoms with Crippen LogP contribution in [-0.2, 0) is 11.2 Å². The molecule has 1 aromatic carbocycles. The Labute approximate surface area is 92.4 Å². The highest BCUT2D eigenvalue weighted by atomic mass is 19.1. The van der Waals surface area contributed by atoms with E-state index in [1.165, 1.54) is 12.1 Å². The van der Waals surface area contributed by atoms with Crippen molar-refractivity contribution in [2.24, 2.45) is 0 Å². The standard InChI is InChI=1S/C11H13FN2O2/c12-8-3-1-7(2-4-8)5-9-6-10(15)11(16)14-13-9/h1-4,9-10,13,15H,5-6H2,(H,14,16). The van der Waals surface area contributed by atoms with E-state index < -0.39 is 12.0 Å². The molecule has 2 rings (SSSR count). The van der Waals surface area contributed by atoms with Crippen LogP contribution in [0.4, 0.5) is 4.39 Å². The lowest BCUT2D eigenvalue weighted by Crippen LogP contribution is -2.56. The van der Waals surface area contributed by atoms with Gasteiger partial charge in [0.05, 0.1) is 0 Å². The Kier molecular flexibility index (Phi) is 3.17. The van der Waals surface area contributed by atoms with Gasteiger partial charge in [0.15, 0.2) is 0 Å². The van der Waals surface area contributed by atoms with E-state index in [0.717, 1.165) is 5.56 Å². The molecule has 1 aliphatic rings. The van der Waals surface area contributed by atoms with Crippen molar-refractivity contribution in [3.05, 3.63) is 35.6 Å². The largest absolute Gasteiger partial charge is 0.383 e. The molecule has 1 fully saturated rings. The van der Waals surface area contributed by atoms with E-state index in [1.807, 2.05) is 0 Å². The van der Waals surface area contributed by atoms with Crippen LogP contribution >= 0.6 is 0 Å². The molecule has 1 saturated heterocycles. The molecule has 0 spiro atoms. The Balaban J connectivity index is 1.95. The first-order valence-electron chi connectivity index (χ1n) is 5.13. The number of benzene rings is 1. The molecule has 0 aliphatic carbocycles. The molecular formula is C11H13FN2O2. The van der Waals surface area contributed by atoms with Crippen molar-refractivity contribution >= 4 is 5.91 Å². The highest BCUT2D eigenvalue weighted by molar-refractivity contribution is 5.80. The highest BCUT2D eigenvalue weighted by Gasteiger charge is 2.26. The lowest BCUT2D eigenvalue weighted by Gasteiger charge is -2.27. The monoisotopic (exact) mass is 224 g/mol. The number of nitrogens with one attached hydrogen (secondary N) is 2. The van der Waals surface area contributed by atoms with Crippen LogP contribution in [0.5, 0.6) is 0 Å². The quantitative estimate of drug-likeness (QED) is 0.668. The molecule has 1 aliphatic heterocycles. The minimum absolute atomic E-state index is 0.0295. The van der Waals surface area contributed by atoms with E-state index in [4.69, 9.17) is 0 Å². The summed E-state index contributed by atoms with van der Waals surface area (Å²) in [4.78, 5) is 11.0. The minimum Gasteiger partial charge on any atom is -0.383 e. The highest BCUT2D eigenvalue weighted by Crippen LogP contribution is 2.11. The van der Waals surface area contributed by atoms with Crippen LogP contribution in [0.25, 0.3) is 0 Å².